The molecule has 0 radical (unpaired) electrons. The van der Waals surface area contributed by atoms with Crippen molar-refractivity contribution in [1.29, 1.82) is 0 Å². The summed E-state index contributed by atoms with van der Waals surface area (Å²) in [6.45, 7) is -0.279. The highest BCUT2D eigenvalue weighted by Crippen LogP contribution is 2.39. The van der Waals surface area contributed by atoms with E-state index in [9.17, 15) is 14.4 Å². The Morgan fingerprint density at radius 3 is 2.63 bits per heavy atom. The SMILES string of the molecule is O=C(CN1C(=O)N[C@@]2(CCCc3ccccc32)C1=O)OCc1ccccc1. The van der Waals surface area contributed by atoms with Gasteiger partial charge in [0.25, 0.3) is 5.91 Å². The molecule has 2 aromatic carbocycles. The normalized spacial score (nSPS) is 21.1. The fourth-order valence-corrected chi connectivity index (χ4v) is 3.87. The third-order valence-electron chi connectivity index (χ3n) is 5.18. The highest BCUT2D eigenvalue weighted by molar-refractivity contribution is 6.09. The Morgan fingerprint density at radius 1 is 1.07 bits per heavy atom. The van der Waals surface area contributed by atoms with Gasteiger partial charge in [-0.25, -0.2) is 4.79 Å². The number of amides is 3. The molecule has 4 rings (SSSR count). The topological polar surface area (TPSA) is 75.7 Å². The zero-order valence-electron chi connectivity index (χ0n) is 14.8. The molecule has 1 aliphatic carbocycles. The first-order valence-corrected chi connectivity index (χ1v) is 9.02. The van der Waals surface area contributed by atoms with E-state index in [-0.39, 0.29) is 19.1 Å². The number of nitrogens with one attached hydrogen (secondary N) is 1. The highest BCUT2D eigenvalue weighted by atomic mass is 16.5. The van der Waals surface area contributed by atoms with Crippen molar-refractivity contribution >= 4 is 17.9 Å². The summed E-state index contributed by atoms with van der Waals surface area (Å²) in [5, 5.41) is 2.83. The Morgan fingerprint density at radius 2 is 1.81 bits per heavy atom. The summed E-state index contributed by atoms with van der Waals surface area (Å²) in [5.41, 5.74) is 1.67. The number of fused-ring (bicyclic) bond motifs is 2. The molecule has 1 heterocycles. The average molecular weight is 364 g/mol. The lowest BCUT2D eigenvalue weighted by Gasteiger charge is -2.33. The minimum absolute atomic E-state index is 0.108. The van der Waals surface area contributed by atoms with Crippen molar-refractivity contribution in [3.63, 3.8) is 0 Å². The molecule has 27 heavy (non-hydrogen) atoms. The van der Waals surface area contributed by atoms with E-state index in [0.29, 0.717) is 6.42 Å². The Labute approximate surface area is 157 Å². The molecule has 6 heteroatoms. The van der Waals surface area contributed by atoms with E-state index in [1.807, 2.05) is 54.6 Å². The molecule has 2 aromatic rings. The molecule has 1 atom stereocenters. The summed E-state index contributed by atoms with van der Waals surface area (Å²) in [4.78, 5) is 38.7. The molecule has 1 spiro atoms. The average Bonchev–Trinajstić information content (AvgIpc) is 2.92. The Kier molecular flexibility index (Phi) is 4.39. The van der Waals surface area contributed by atoms with Crippen LogP contribution >= 0.6 is 0 Å². The molecule has 1 N–H and O–H groups in total. The molecule has 3 amide bonds. The molecule has 0 aromatic heterocycles. The van der Waals surface area contributed by atoms with E-state index < -0.39 is 17.5 Å². The van der Waals surface area contributed by atoms with Crippen LogP contribution in [0.25, 0.3) is 0 Å². The van der Waals surface area contributed by atoms with Gasteiger partial charge in [0.15, 0.2) is 0 Å². The molecule has 6 nitrogen and oxygen atoms in total. The summed E-state index contributed by atoms with van der Waals surface area (Å²) in [7, 11) is 0. The second-order valence-corrected chi connectivity index (χ2v) is 6.88. The fourth-order valence-electron chi connectivity index (χ4n) is 3.87. The zero-order valence-corrected chi connectivity index (χ0v) is 14.8. The van der Waals surface area contributed by atoms with E-state index in [2.05, 4.69) is 5.32 Å². The van der Waals surface area contributed by atoms with Gasteiger partial charge in [0, 0.05) is 0 Å². The van der Waals surface area contributed by atoms with Crippen LogP contribution in [0.2, 0.25) is 0 Å². The van der Waals surface area contributed by atoms with Gasteiger partial charge >= 0.3 is 12.0 Å². The van der Waals surface area contributed by atoms with Gasteiger partial charge in [0.1, 0.15) is 18.7 Å². The quantitative estimate of drug-likeness (QED) is 0.668. The van der Waals surface area contributed by atoms with Crippen LogP contribution in [0.4, 0.5) is 4.79 Å². The lowest BCUT2D eigenvalue weighted by atomic mass is 9.76. The summed E-state index contributed by atoms with van der Waals surface area (Å²) in [6, 6.07) is 16.4. The van der Waals surface area contributed by atoms with Crippen molar-refractivity contribution < 1.29 is 19.1 Å². The molecule has 1 fully saturated rings. The number of carbonyl (C=O) groups excluding carboxylic acids is 3. The van der Waals surface area contributed by atoms with E-state index in [4.69, 9.17) is 4.74 Å². The first-order valence-electron chi connectivity index (χ1n) is 9.02. The van der Waals surface area contributed by atoms with E-state index in [1.165, 1.54) is 0 Å². The number of hydrogen-bond acceptors (Lipinski definition) is 4. The molecule has 138 valence electrons. The maximum Gasteiger partial charge on any atom is 0.326 e. The van der Waals surface area contributed by atoms with Gasteiger partial charge in [-0.05, 0) is 36.0 Å². The first kappa shape index (κ1) is 17.3. The number of ether oxygens (including phenoxy) is 1. The van der Waals surface area contributed by atoms with Crippen molar-refractivity contribution in [2.45, 2.75) is 31.4 Å². The molecule has 1 saturated heterocycles. The number of carbonyl (C=O) groups is 3. The van der Waals surface area contributed by atoms with E-state index in [0.717, 1.165) is 34.4 Å². The Hall–Kier alpha value is -3.15. The monoisotopic (exact) mass is 364 g/mol. The fraction of sp³-hybridized carbons (Fsp3) is 0.286. The van der Waals surface area contributed by atoms with Crippen LogP contribution in [0.1, 0.15) is 29.5 Å². The van der Waals surface area contributed by atoms with E-state index in [1.54, 1.807) is 0 Å². The van der Waals surface area contributed by atoms with Crippen LogP contribution in [-0.2, 0) is 32.9 Å². The van der Waals surface area contributed by atoms with Crippen molar-refractivity contribution in [1.82, 2.24) is 10.2 Å². The smallest absolute Gasteiger partial charge is 0.326 e. The van der Waals surface area contributed by atoms with Gasteiger partial charge < -0.3 is 10.1 Å². The van der Waals surface area contributed by atoms with E-state index >= 15 is 0 Å². The Balaban J connectivity index is 1.48. The molecule has 0 bridgehead atoms. The first-order chi connectivity index (χ1) is 13.1. The third kappa shape index (κ3) is 3.07. The predicted molar refractivity (Wildman–Crippen MR) is 97.5 cm³/mol. The number of nitrogens with zero attached hydrogens (tertiary/aromatic N) is 1. The maximum atomic E-state index is 13.1. The van der Waals surface area contributed by atoms with Crippen LogP contribution in [-0.4, -0.2) is 29.4 Å². The number of esters is 1. The van der Waals surface area contributed by atoms with Gasteiger partial charge in [-0.15, -0.1) is 0 Å². The number of imide groups is 1. The standard InChI is InChI=1S/C21H20N2O4/c24-18(27-14-15-7-2-1-3-8-15)13-23-19(25)21(22-20(23)26)12-6-10-16-9-4-5-11-17(16)21/h1-5,7-9,11H,6,10,12-14H2,(H,22,26)/t21-/m1/s1. The predicted octanol–water partition coefficient (Wildman–Crippen LogP) is 2.51. The molecule has 0 unspecified atom stereocenters. The minimum Gasteiger partial charge on any atom is -0.459 e. The lowest BCUT2D eigenvalue weighted by molar-refractivity contribution is -0.149. The van der Waals surface area contributed by atoms with Crippen LogP contribution in [0.15, 0.2) is 54.6 Å². The van der Waals surface area contributed by atoms with Crippen molar-refractivity contribution in [2.75, 3.05) is 6.54 Å². The molecule has 2 aliphatic rings. The summed E-state index contributed by atoms with van der Waals surface area (Å²) >= 11 is 0. The third-order valence-corrected chi connectivity index (χ3v) is 5.18. The van der Waals surface area contributed by atoms with Gasteiger partial charge in [-0.3, -0.25) is 14.5 Å². The highest BCUT2D eigenvalue weighted by Gasteiger charge is 2.54. The zero-order chi connectivity index (χ0) is 18.9. The summed E-state index contributed by atoms with van der Waals surface area (Å²) in [6.07, 6.45) is 2.21. The second-order valence-electron chi connectivity index (χ2n) is 6.88. The van der Waals surface area contributed by atoms with Gasteiger partial charge in [-0.2, -0.15) is 0 Å². The van der Waals surface area contributed by atoms with Crippen molar-refractivity contribution in [3.05, 3.63) is 71.3 Å². The van der Waals surface area contributed by atoms with Crippen LogP contribution < -0.4 is 5.32 Å². The molecule has 0 saturated carbocycles. The Bertz CT molecular complexity index is 896. The lowest BCUT2D eigenvalue weighted by Crippen LogP contribution is -2.46. The van der Waals surface area contributed by atoms with Crippen molar-refractivity contribution in [3.8, 4) is 0 Å². The largest absolute Gasteiger partial charge is 0.459 e. The number of benzene rings is 2. The molecular weight excluding hydrogens is 344 g/mol. The number of hydrogen-bond donors (Lipinski definition) is 1. The van der Waals surface area contributed by atoms with Gasteiger partial charge in [0.05, 0.1) is 0 Å². The molecular formula is C21H20N2O4. The summed E-state index contributed by atoms with van der Waals surface area (Å²) < 4.78 is 5.22. The second kappa shape index (κ2) is 6.87. The van der Waals surface area contributed by atoms with Crippen molar-refractivity contribution in [2.24, 2.45) is 0 Å². The number of rotatable bonds is 4. The maximum absolute atomic E-state index is 13.1. The molecule has 1 aliphatic heterocycles. The van der Waals surface area contributed by atoms with Crippen LogP contribution in [0, 0.1) is 0 Å². The van der Waals surface area contributed by atoms with Crippen LogP contribution in [0.3, 0.4) is 0 Å². The number of aryl methyl sites for hydroxylation is 1. The van der Waals surface area contributed by atoms with Crippen LogP contribution in [0.5, 0.6) is 0 Å². The summed E-state index contributed by atoms with van der Waals surface area (Å²) in [5.74, 6) is -0.986. The van der Waals surface area contributed by atoms with Gasteiger partial charge in [0.2, 0.25) is 0 Å². The minimum atomic E-state index is -1.06. The number of urea groups is 1. The van der Waals surface area contributed by atoms with Gasteiger partial charge in [-0.1, -0.05) is 54.6 Å².